The third kappa shape index (κ3) is 5.28. The molecule has 0 spiro atoms. The predicted molar refractivity (Wildman–Crippen MR) is 74.1 cm³/mol. The smallest absolute Gasteiger partial charge is 0.0933 e. The van der Waals surface area contributed by atoms with E-state index in [0.717, 1.165) is 19.7 Å². The van der Waals surface area contributed by atoms with Crippen LogP contribution < -0.4 is 5.32 Å². The van der Waals surface area contributed by atoms with Crippen molar-refractivity contribution in [2.24, 2.45) is 0 Å². The van der Waals surface area contributed by atoms with Gasteiger partial charge >= 0.3 is 0 Å². The second-order valence-corrected chi connectivity index (χ2v) is 4.69. The molecule has 0 radical (unpaired) electrons. The van der Waals surface area contributed by atoms with Gasteiger partial charge in [0.05, 0.1) is 32.0 Å². The summed E-state index contributed by atoms with van der Waals surface area (Å²) in [6.07, 6.45) is 0.262. The van der Waals surface area contributed by atoms with E-state index in [4.69, 9.17) is 14.2 Å². The van der Waals surface area contributed by atoms with Crippen LogP contribution in [0.25, 0.3) is 0 Å². The standard InChI is InChI=1S/C15H23NO3/c1-2-18-15-9-16-8-14(19-12-15)11-17-10-13-6-4-3-5-7-13/h3-7,14-16H,2,8-12H2,1H3/t14-,15+/m0/s1. The summed E-state index contributed by atoms with van der Waals surface area (Å²) in [5.41, 5.74) is 1.19. The Balaban J connectivity index is 1.66. The number of hydrogen-bond donors (Lipinski definition) is 1. The van der Waals surface area contributed by atoms with Crippen molar-refractivity contribution >= 4 is 0 Å². The van der Waals surface area contributed by atoms with Crippen LogP contribution in [-0.2, 0) is 20.8 Å². The van der Waals surface area contributed by atoms with Crippen molar-refractivity contribution in [3.63, 3.8) is 0 Å². The van der Waals surface area contributed by atoms with Crippen molar-refractivity contribution < 1.29 is 14.2 Å². The second kappa shape index (κ2) is 8.27. The van der Waals surface area contributed by atoms with Gasteiger partial charge in [0.2, 0.25) is 0 Å². The summed E-state index contributed by atoms with van der Waals surface area (Å²) in [6.45, 7) is 6.29. The molecule has 1 saturated heterocycles. The molecule has 1 aromatic carbocycles. The van der Waals surface area contributed by atoms with Crippen molar-refractivity contribution in [2.45, 2.75) is 25.7 Å². The summed E-state index contributed by atoms with van der Waals surface area (Å²) in [5, 5.41) is 3.35. The van der Waals surface area contributed by atoms with Gasteiger partial charge in [-0.15, -0.1) is 0 Å². The molecule has 1 aromatic rings. The molecule has 0 saturated carbocycles. The van der Waals surface area contributed by atoms with E-state index in [-0.39, 0.29) is 12.2 Å². The van der Waals surface area contributed by atoms with Crippen LogP contribution in [0.4, 0.5) is 0 Å². The molecule has 106 valence electrons. The lowest BCUT2D eigenvalue weighted by Crippen LogP contribution is -2.31. The van der Waals surface area contributed by atoms with E-state index < -0.39 is 0 Å². The van der Waals surface area contributed by atoms with Gasteiger partial charge in [0.15, 0.2) is 0 Å². The number of benzene rings is 1. The first kappa shape index (κ1) is 14.5. The fraction of sp³-hybridized carbons (Fsp3) is 0.600. The van der Waals surface area contributed by atoms with Crippen LogP contribution in [0, 0.1) is 0 Å². The predicted octanol–water partition coefficient (Wildman–Crippen LogP) is 1.60. The maximum atomic E-state index is 5.79. The Morgan fingerprint density at radius 2 is 2.11 bits per heavy atom. The summed E-state index contributed by atoms with van der Waals surface area (Å²) >= 11 is 0. The number of nitrogens with one attached hydrogen (secondary N) is 1. The molecular weight excluding hydrogens is 242 g/mol. The largest absolute Gasteiger partial charge is 0.375 e. The highest BCUT2D eigenvalue weighted by Crippen LogP contribution is 2.05. The van der Waals surface area contributed by atoms with E-state index in [1.165, 1.54) is 5.56 Å². The molecule has 19 heavy (non-hydrogen) atoms. The minimum atomic E-state index is 0.106. The molecule has 0 amide bonds. The Hall–Kier alpha value is -0.940. The SMILES string of the molecule is CCO[C@@H]1CNC[C@@H](COCc2ccccc2)OC1. The van der Waals surface area contributed by atoms with E-state index in [0.29, 0.717) is 19.8 Å². The van der Waals surface area contributed by atoms with Gasteiger partial charge in [0.25, 0.3) is 0 Å². The maximum Gasteiger partial charge on any atom is 0.0933 e. The van der Waals surface area contributed by atoms with Crippen LogP contribution in [0.3, 0.4) is 0 Å². The molecule has 1 aliphatic rings. The lowest BCUT2D eigenvalue weighted by atomic mass is 10.2. The fourth-order valence-corrected chi connectivity index (χ4v) is 2.10. The quantitative estimate of drug-likeness (QED) is 0.848. The van der Waals surface area contributed by atoms with Gasteiger partial charge in [-0.25, -0.2) is 0 Å². The van der Waals surface area contributed by atoms with Gasteiger partial charge in [0, 0.05) is 19.7 Å². The average Bonchev–Trinajstić information content (AvgIpc) is 2.66. The van der Waals surface area contributed by atoms with E-state index in [1.807, 2.05) is 25.1 Å². The highest BCUT2D eigenvalue weighted by Gasteiger charge is 2.18. The monoisotopic (exact) mass is 265 g/mol. The van der Waals surface area contributed by atoms with Crippen molar-refractivity contribution in [1.82, 2.24) is 5.32 Å². The second-order valence-electron chi connectivity index (χ2n) is 4.69. The summed E-state index contributed by atoms with van der Waals surface area (Å²) in [6, 6.07) is 10.2. The lowest BCUT2D eigenvalue weighted by molar-refractivity contribution is -0.0508. The van der Waals surface area contributed by atoms with Gasteiger partial charge < -0.3 is 19.5 Å². The number of ether oxygens (including phenoxy) is 3. The first-order valence-electron chi connectivity index (χ1n) is 6.94. The van der Waals surface area contributed by atoms with E-state index >= 15 is 0 Å². The fourth-order valence-electron chi connectivity index (χ4n) is 2.10. The summed E-state index contributed by atoms with van der Waals surface area (Å²) in [5.74, 6) is 0. The third-order valence-corrected chi connectivity index (χ3v) is 3.08. The van der Waals surface area contributed by atoms with Gasteiger partial charge in [-0.05, 0) is 12.5 Å². The molecule has 4 heteroatoms. The van der Waals surface area contributed by atoms with Gasteiger partial charge in [-0.3, -0.25) is 0 Å². The molecule has 1 fully saturated rings. The summed E-state index contributed by atoms with van der Waals surface area (Å²) in [4.78, 5) is 0. The first-order chi connectivity index (χ1) is 9.38. The normalized spacial score (nSPS) is 24.1. The molecule has 0 unspecified atom stereocenters. The highest BCUT2D eigenvalue weighted by atomic mass is 16.6. The average molecular weight is 265 g/mol. The molecule has 1 N–H and O–H groups in total. The van der Waals surface area contributed by atoms with Gasteiger partial charge in [-0.2, -0.15) is 0 Å². The van der Waals surface area contributed by atoms with Gasteiger partial charge in [0.1, 0.15) is 0 Å². The van der Waals surface area contributed by atoms with E-state index in [9.17, 15) is 0 Å². The minimum Gasteiger partial charge on any atom is -0.375 e. The Morgan fingerprint density at radius 3 is 2.89 bits per heavy atom. The Labute approximate surface area is 115 Å². The van der Waals surface area contributed by atoms with Crippen molar-refractivity contribution in [3.05, 3.63) is 35.9 Å². The molecular formula is C15H23NO3. The third-order valence-electron chi connectivity index (χ3n) is 3.08. The molecule has 0 aromatic heterocycles. The molecule has 1 heterocycles. The van der Waals surface area contributed by atoms with E-state index in [1.54, 1.807) is 0 Å². The van der Waals surface area contributed by atoms with Crippen LogP contribution in [0.2, 0.25) is 0 Å². The number of hydrogen-bond acceptors (Lipinski definition) is 4. The topological polar surface area (TPSA) is 39.7 Å². The van der Waals surface area contributed by atoms with Crippen molar-refractivity contribution in [3.8, 4) is 0 Å². The molecule has 0 aliphatic carbocycles. The highest BCUT2D eigenvalue weighted by molar-refractivity contribution is 5.13. The number of rotatable bonds is 6. The molecule has 2 rings (SSSR count). The van der Waals surface area contributed by atoms with Crippen molar-refractivity contribution in [1.29, 1.82) is 0 Å². The van der Waals surface area contributed by atoms with Crippen LogP contribution in [0.15, 0.2) is 30.3 Å². The molecule has 1 aliphatic heterocycles. The zero-order chi connectivity index (χ0) is 13.3. The molecule has 4 nitrogen and oxygen atoms in total. The van der Waals surface area contributed by atoms with Crippen LogP contribution >= 0.6 is 0 Å². The molecule has 2 atom stereocenters. The zero-order valence-corrected chi connectivity index (χ0v) is 11.5. The summed E-state index contributed by atoms with van der Waals surface area (Å²) in [7, 11) is 0. The Kier molecular flexibility index (Phi) is 6.30. The molecule has 0 bridgehead atoms. The van der Waals surface area contributed by atoms with Crippen LogP contribution in [0.5, 0.6) is 0 Å². The maximum absolute atomic E-state index is 5.79. The van der Waals surface area contributed by atoms with Crippen LogP contribution in [-0.4, -0.2) is 45.1 Å². The van der Waals surface area contributed by atoms with Gasteiger partial charge in [-0.1, -0.05) is 30.3 Å². The Morgan fingerprint density at radius 1 is 1.26 bits per heavy atom. The zero-order valence-electron chi connectivity index (χ0n) is 11.5. The first-order valence-corrected chi connectivity index (χ1v) is 6.94. The minimum absolute atomic E-state index is 0.106. The lowest BCUT2D eigenvalue weighted by Gasteiger charge is -2.16. The van der Waals surface area contributed by atoms with Crippen molar-refractivity contribution in [2.75, 3.05) is 32.9 Å². The van der Waals surface area contributed by atoms with Crippen LogP contribution in [0.1, 0.15) is 12.5 Å². The van der Waals surface area contributed by atoms with E-state index in [2.05, 4.69) is 17.4 Å². The Bertz CT molecular complexity index is 345. The summed E-state index contributed by atoms with van der Waals surface area (Å²) < 4.78 is 17.1.